The van der Waals surface area contributed by atoms with Gasteiger partial charge in [0.05, 0.1) is 6.61 Å². The van der Waals surface area contributed by atoms with Crippen molar-refractivity contribution in [2.75, 3.05) is 19.7 Å². The summed E-state index contributed by atoms with van der Waals surface area (Å²) in [5.41, 5.74) is 0. The molecule has 4 nitrogen and oxygen atoms in total. The lowest BCUT2D eigenvalue weighted by Gasteiger charge is -2.44. The van der Waals surface area contributed by atoms with Crippen molar-refractivity contribution < 1.29 is 9.53 Å². The Bertz CT molecular complexity index is 279. The molecule has 2 fully saturated rings. The lowest BCUT2D eigenvalue weighted by Crippen LogP contribution is -2.49. The van der Waals surface area contributed by atoms with E-state index in [1.54, 1.807) is 0 Å². The predicted octanol–water partition coefficient (Wildman–Crippen LogP) is 2.39. The molecule has 0 radical (unpaired) electrons. The van der Waals surface area contributed by atoms with E-state index in [-0.39, 0.29) is 12.1 Å². The monoisotopic (exact) mass is 254 g/mol. The number of nitrogens with one attached hydrogen (secondary N) is 1. The first-order valence-corrected chi connectivity index (χ1v) is 7.34. The molecule has 2 aliphatic rings. The van der Waals surface area contributed by atoms with Crippen LogP contribution in [0.2, 0.25) is 0 Å². The van der Waals surface area contributed by atoms with Gasteiger partial charge in [0, 0.05) is 18.0 Å². The Labute approximate surface area is 110 Å². The molecule has 2 unspecified atom stereocenters. The molecule has 2 saturated heterocycles. The Balaban J connectivity index is 1.79. The fourth-order valence-corrected chi connectivity index (χ4v) is 3.23. The van der Waals surface area contributed by atoms with Crippen LogP contribution in [0.4, 0.5) is 4.79 Å². The number of rotatable bonds is 3. The molecule has 0 saturated carbocycles. The van der Waals surface area contributed by atoms with Crippen molar-refractivity contribution in [2.45, 2.75) is 58.0 Å². The highest BCUT2D eigenvalue weighted by molar-refractivity contribution is 5.67. The zero-order valence-electron chi connectivity index (χ0n) is 11.7. The fraction of sp³-hybridized carbons (Fsp3) is 0.929. The number of piperidine rings is 2. The van der Waals surface area contributed by atoms with Crippen molar-refractivity contribution in [2.24, 2.45) is 5.92 Å². The van der Waals surface area contributed by atoms with E-state index >= 15 is 0 Å². The van der Waals surface area contributed by atoms with Gasteiger partial charge in [-0.25, -0.2) is 4.79 Å². The lowest BCUT2D eigenvalue weighted by atomic mass is 9.84. The molecule has 2 heterocycles. The van der Waals surface area contributed by atoms with E-state index in [9.17, 15) is 4.79 Å². The van der Waals surface area contributed by atoms with Crippen LogP contribution in [0.1, 0.15) is 46.0 Å². The maximum absolute atomic E-state index is 11.5. The van der Waals surface area contributed by atoms with E-state index < -0.39 is 0 Å². The maximum atomic E-state index is 11.5. The number of fused-ring (bicyclic) bond motifs is 1. The third kappa shape index (κ3) is 3.61. The van der Waals surface area contributed by atoms with E-state index in [2.05, 4.69) is 10.2 Å². The van der Waals surface area contributed by atoms with E-state index in [0.29, 0.717) is 18.6 Å². The number of amides is 1. The SMILES string of the molecule is CC(C)NC(=O)OCC1CCCN2CCCCC12. The van der Waals surface area contributed by atoms with Crippen molar-refractivity contribution in [1.82, 2.24) is 10.2 Å². The lowest BCUT2D eigenvalue weighted by molar-refractivity contribution is 0.0231. The number of hydrogen-bond donors (Lipinski definition) is 1. The summed E-state index contributed by atoms with van der Waals surface area (Å²) in [6.07, 6.45) is 6.12. The second-order valence-electron chi connectivity index (χ2n) is 5.90. The van der Waals surface area contributed by atoms with Crippen LogP contribution in [0, 0.1) is 5.92 Å². The summed E-state index contributed by atoms with van der Waals surface area (Å²) < 4.78 is 5.36. The second kappa shape index (κ2) is 6.41. The van der Waals surface area contributed by atoms with Crippen molar-refractivity contribution in [3.8, 4) is 0 Å². The van der Waals surface area contributed by atoms with E-state index in [4.69, 9.17) is 4.74 Å². The Morgan fingerprint density at radius 3 is 2.83 bits per heavy atom. The molecule has 0 aromatic carbocycles. The van der Waals surface area contributed by atoms with Crippen LogP contribution >= 0.6 is 0 Å². The zero-order chi connectivity index (χ0) is 13.0. The molecule has 0 bridgehead atoms. The first-order valence-electron chi connectivity index (χ1n) is 7.34. The van der Waals surface area contributed by atoms with Gasteiger partial charge in [0.15, 0.2) is 0 Å². The average molecular weight is 254 g/mol. The van der Waals surface area contributed by atoms with Crippen molar-refractivity contribution in [3.63, 3.8) is 0 Å². The normalized spacial score (nSPS) is 28.8. The van der Waals surface area contributed by atoms with Gasteiger partial charge in [-0.05, 0) is 52.6 Å². The molecule has 104 valence electrons. The third-order valence-corrected chi connectivity index (χ3v) is 4.06. The van der Waals surface area contributed by atoms with E-state index in [1.807, 2.05) is 13.8 Å². The van der Waals surface area contributed by atoms with Crippen molar-refractivity contribution in [3.05, 3.63) is 0 Å². The summed E-state index contributed by atoms with van der Waals surface area (Å²) in [5, 5.41) is 2.78. The highest BCUT2D eigenvalue weighted by Gasteiger charge is 2.33. The standard InChI is InChI=1S/C14H26N2O2/c1-11(2)15-14(17)18-10-12-6-5-9-16-8-4-3-7-13(12)16/h11-13H,3-10H2,1-2H3,(H,15,17). The molecule has 0 aliphatic carbocycles. The molecule has 0 aromatic heterocycles. The van der Waals surface area contributed by atoms with Gasteiger partial charge in [-0.2, -0.15) is 0 Å². The number of nitrogens with zero attached hydrogens (tertiary/aromatic N) is 1. The van der Waals surface area contributed by atoms with Gasteiger partial charge < -0.3 is 10.1 Å². The zero-order valence-corrected chi connectivity index (χ0v) is 11.7. The topological polar surface area (TPSA) is 41.6 Å². The van der Waals surface area contributed by atoms with Crippen LogP contribution in [-0.2, 0) is 4.74 Å². The van der Waals surface area contributed by atoms with Crippen LogP contribution in [0.25, 0.3) is 0 Å². The largest absolute Gasteiger partial charge is 0.449 e. The molecule has 0 spiro atoms. The van der Waals surface area contributed by atoms with Gasteiger partial charge in [-0.15, -0.1) is 0 Å². The molecule has 2 atom stereocenters. The molecular weight excluding hydrogens is 228 g/mol. The Kier molecular flexibility index (Phi) is 4.87. The van der Waals surface area contributed by atoms with Crippen molar-refractivity contribution >= 4 is 6.09 Å². The van der Waals surface area contributed by atoms with Crippen LogP contribution < -0.4 is 5.32 Å². The van der Waals surface area contributed by atoms with Gasteiger partial charge in [0.1, 0.15) is 0 Å². The molecule has 2 rings (SSSR count). The summed E-state index contributed by atoms with van der Waals surface area (Å²) in [4.78, 5) is 14.1. The molecule has 0 aromatic rings. The quantitative estimate of drug-likeness (QED) is 0.841. The fourth-order valence-electron chi connectivity index (χ4n) is 3.23. The summed E-state index contributed by atoms with van der Waals surface area (Å²) in [7, 11) is 0. The van der Waals surface area contributed by atoms with Crippen LogP contribution in [0.5, 0.6) is 0 Å². The second-order valence-corrected chi connectivity index (χ2v) is 5.90. The van der Waals surface area contributed by atoms with Crippen LogP contribution in [0.3, 0.4) is 0 Å². The first-order chi connectivity index (χ1) is 8.66. The number of carbonyl (C=O) groups is 1. The van der Waals surface area contributed by atoms with E-state index in [0.717, 1.165) is 0 Å². The van der Waals surface area contributed by atoms with Gasteiger partial charge >= 0.3 is 6.09 Å². The predicted molar refractivity (Wildman–Crippen MR) is 71.6 cm³/mol. The Morgan fingerprint density at radius 1 is 1.28 bits per heavy atom. The molecule has 1 N–H and O–H groups in total. The van der Waals surface area contributed by atoms with Crippen molar-refractivity contribution in [1.29, 1.82) is 0 Å². The minimum Gasteiger partial charge on any atom is -0.449 e. The molecular formula is C14H26N2O2. The summed E-state index contributed by atoms with van der Waals surface area (Å²) in [6, 6.07) is 0.800. The minimum absolute atomic E-state index is 0.148. The summed E-state index contributed by atoms with van der Waals surface area (Å²) >= 11 is 0. The maximum Gasteiger partial charge on any atom is 0.407 e. The average Bonchev–Trinajstić information content (AvgIpc) is 2.35. The van der Waals surface area contributed by atoms with Crippen LogP contribution in [-0.4, -0.2) is 42.8 Å². The highest BCUT2D eigenvalue weighted by atomic mass is 16.5. The molecule has 4 heteroatoms. The Morgan fingerprint density at radius 2 is 2.06 bits per heavy atom. The molecule has 18 heavy (non-hydrogen) atoms. The summed E-state index contributed by atoms with van der Waals surface area (Å²) in [6.45, 7) is 6.95. The van der Waals surface area contributed by atoms with Gasteiger partial charge in [0.2, 0.25) is 0 Å². The van der Waals surface area contributed by atoms with Crippen LogP contribution in [0.15, 0.2) is 0 Å². The number of carbonyl (C=O) groups excluding carboxylic acids is 1. The number of alkyl carbamates (subject to hydrolysis) is 1. The molecule has 2 aliphatic heterocycles. The number of hydrogen-bond acceptors (Lipinski definition) is 3. The smallest absolute Gasteiger partial charge is 0.407 e. The minimum atomic E-state index is -0.266. The highest BCUT2D eigenvalue weighted by Crippen LogP contribution is 2.30. The van der Waals surface area contributed by atoms with Gasteiger partial charge in [-0.1, -0.05) is 6.42 Å². The van der Waals surface area contributed by atoms with E-state index in [1.165, 1.54) is 45.2 Å². The third-order valence-electron chi connectivity index (χ3n) is 4.06. The van der Waals surface area contributed by atoms with Gasteiger partial charge in [0.25, 0.3) is 0 Å². The summed E-state index contributed by atoms with van der Waals surface area (Å²) in [5.74, 6) is 0.539. The first kappa shape index (κ1) is 13.7. The molecule has 1 amide bonds. The van der Waals surface area contributed by atoms with Gasteiger partial charge in [-0.3, -0.25) is 4.90 Å². The Hall–Kier alpha value is -0.770. The number of ether oxygens (including phenoxy) is 1.